The van der Waals surface area contributed by atoms with Gasteiger partial charge < -0.3 is 9.63 Å². The summed E-state index contributed by atoms with van der Waals surface area (Å²) in [7, 11) is 0. The molecule has 4 aliphatic rings. The molecule has 4 fully saturated rings. The first-order valence-corrected chi connectivity index (χ1v) is 7.18. The van der Waals surface area contributed by atoms with Gasteiger partial charge in [0, 0.05) is 5.41 Å². The lowest BCUT2D eigenvalue weighted by Crippen LogP contribution is -2.49. The average Bonchev–Trinajstić information content (AvgIpc) is 2.75. The van der Waals surface area contributed by atoms with Gasteiger partial charge in [-0.1, -0.05) is 5.16 Å². The Morgan fingerprint density at radius 3 is 2.32 bits per heavy atom. The number of hydrogen-bond donors (Lipinski definition) is 1. The highest BCUT2D eigenvalue weighted by Crippen LogP contribution is 2.60. The molecule has 5 rings (SSSR count). The first-order valence-electron chi connectivity index (χ1n) is 7.18. The number of aromatic nitrogens is 2. The van der Waals surface area contributed by atoms with Crippen molar-refractivity contribution in [2.24, 2.45) is 17.8 Å². The quantitative estimate of drug-likeness (QED) is 0.903. The normalized spacial score (nSPS) is 39.7. The smallest absolute Gasteiger partial charge is 0.312 e. The fraction of sp³-hybridized carbons (Fsp3) is 0.786. The lowest BCUT2D eigenvalue weighted by atomic mass is 9.49. The standard InChI is InChI=1S/C14H18N2O3/c17-12(18)4-11-15-13(16-19-11)14-5-8-1-9(6-14)3-10(2-8)7-14/h8-10H,1-7H2,(H,17,18). The van der Waals surface area contributed by atoms with E-state index < -0.39 is 5.97 Å². The van der Waals surface area contributed by atoms with Gasteiger partial charge in [0.15, 0.2) is 5.82 Å². The summed E-state index contributed by atoms with van der Waals surface area (Å²) in [5, 5.41) is 12.9. The maximum atomic E-state index is 10.7. The third kappa shape index (κ3) is 1.78. The number of rotatable bonds is 3. The zero-order valence-electron chi connectivity index (χ0n) is 10.8. The molecule has 0 aliphatic heterocycles. The number of aliphatic carboxylic acids is 1. The van der Waals surface area contributed by atoms with Crippen LogP contribution in [0.25, 0.3) is 0 Å². The molecular formula is C14H18N2O3. The SMILES string of the molecule is O=C(O)Cc1nc(C23CC4CC(CC(C4)C2)C3)no1. The molecule has 5 nitrogen and oxygen atoms in total. The van der Waals surface area contributed by atoms with Gasteiger partial charge in [-0.2, -0.15) is 4.98 Å². The second-order valence-corrected chi connectivity index (χ2v) is 6.78. The highest BCUT2D eigenvalue weighted by Gasteiger charge is 2.53. The number of carboxylic acid groups (broad SMARTS) is 1. The Kier molecular flexibility index (Phi) is 2.29. The van der Waals surface area contributed by atoms with Crippen LogP contribution in [-0.4, -0.2) is 21.2 Å². The Labute approximate surface area is 111 Å². The molecule has 1 heterocycles. The van der Waals surface area contributed by atoms with Gasteiger partial charge in [-0.05, 0) is 56.3 Å². The van der Waals surface area contributed by atoms with E-state index in [0.29, 0.717) is 0 Å². The molecule has 0 spiro atoms. The van der Waals surface area contributed by atoms with E-state index in [-0.39, 0.29) is 17.7 Å². The van der Waals surface area contributed by atoms with Crippen molar-refractivity contribution in [3.8, 4) is 0 Å². The summed E-state index contributed by atoms with van der Waals surface area (Å²) < 4.78 is 5.12. The molecule has 0 unspecified atom stereocenters. The Balaban J connectivity index is 1.64. The van der Waals surface area contributed by atoms with Gasteiger partial charge in [0.05, 0.1) is 0 Å². The van der Waals surface area contributed by atoms with Crippen molar-refractivity contribution >= 4 is 5.97 Å². The maximum absolute atomic E-state index is 10.7. The Hall–Kier alpha value is -1.39. The van der Waals surface area contributed by atoms with Crippen LogP contribution in [0, 0.1) is 17.8 Å². The Morgan fingerprint density at radius 2 is 1.79 bits per heavy atom. The van der Waals surface area contributed by atoms with Crippen LogP contribution in [-0.2, 0) is 16.6 Å². The van der Waals surface area contributed by atoms with Crippen LogP contribution in [0.4, 0.5) is 0 Å². The molecular weight excluding hydrogens is 244 g/mol. The van der Waals surface area contributed by atoms with E-state index in [0.717, 1.165) is 23.6 Å². The zero-order chi connectivity index (χ0) is 13.0. The van der Waals surface area contributed by atoms with Crippen LogP contribution in [0.2, 0.25) is 0 Å². The molecule has 0 atom stereocenters. The number of hydrogen-bond acceptors (Lipinski definition) is 4. The van der Waals surface area contributed by atoms with Crippen LogP contribution in [0.3, 0.4) is 0 Å². The van der Waals surface area contributed by atoms with Crippen LogP contribution in [0.1, 0.15) is 50.2 Å². The van der Waals surface area contributed by atoms with Gasteiger partial charge in [0.25, 0.3) is 0 Å². The summed E-state index contributed by atoms with van der Waals surface area (Å²) in [6.45, 7) is 0. The highest BCUT2D eigenvalue weighted by atomic mass is 16.5. The van der Waals surface area contributed by atoms with Crippen LogP contribution in [0.5, 0.6) is 0 Å². The largest absolute Gasteiger partial charge is 0.481 e. The third-order valence-corrected chi connectivity index (χ3v) is 5.28. The summed E-state index contributed by atoms with van der Waals surface area (Å²) in [6, 6.07) is 0. The average molecular weight is 262 g/mol. The third-order valence-electron chi connectivity index (χ3n) is 5.28. The molecule has 4 saturated carbocycles. The van der Waals surface area contributed by atoms with Gasteiger partial charge in [-0.3, -0.25) is 4.79 Å². The first-order chi connectivity index (χ1) is 9.13. The molecule has 5 heteroatoms. The summed E-state index contributed by atoms with van der Waals surface area (Å²) in [4.78, 5) is 15.1. The summed E-state index contributed by atoms with van der Waals surface area (Å²) in [5.74, 6) is 2.59. The molecule has 1 aromatic rings. The molecule has 4 bridgehead atoms. The maximum Gasteiger partial charge on any atom is 0.312 e. The molecule has 1 aromatic heterocycles. The van der Waals surface area contributed by atoms with Crippen LogP contribution >= 0.6 is 0 Å². The van der Waals surface area contributed by atoms with Gasteiger partial charge in [0.2, 0.25) is 5.89 Å². The number of nitrogens with zero attached hydrogens (tertiary/aromatic N) is 2. The van der Waals surface area contributed by atoms with Crippen molar-refractivity contribution in [2.75, 3.05) is 0 Å². The fourth-order valence-corrected chi connectivity index (χ4v) is 5.06. The molecule has 4 aliphatic carbocycles. The minimum Gasteiger partial charge on any atom is -0.481 e. The highest BCUT2D eigenvalue weighted by molar-refractivity contribution is 5.68. The van der Waals surface area contributed by atoms with Crippen molar-refractivity contribution in [1.82, 2.24) is 10.1 Å². The molecule has 1 N–H and O–H groups in total. The minimum atomic E-state index is -0.916. The topological polar surface area (TPSA) is 76.2 Å². The summed E-state index contributed by atoms with van der Waals surface area (Å²) >= 11 is 0. The molecule has 19 heavy (non-hydrogen) atoms. The summed E-state index contributed by atoms with van der Waals surface area (Å²) in [6.07, 6.45) is 7.47. The lowest BCUT2D eigenvalue weighted by molar-refractivity contribution is -0.136. The van der Waals surface area contributed by atoms with Gasteiger partial charge in [-0.25, -0.2) is 0 Å². The predicted octanol–water partition coefficient (Wildman–Crippen LogP) is 2.16. The monoisotopic (exact) mass is 262 g/mol. The Bertz CT molecular complexity index is 487. The zero-order valence-corrected chi connectivity index (χ0v) is 10.8. The first kappa shape index (κ1) is 11.4. The van der Waals surface area contributed by atoms with E-state index in [1.165, 1.54) is 38.5 Å². The molecule has 0 radical (unpaired) electrons. The number of carbonyl (C=O) groups is 1. The molecule has 0 aromatic carbocycles. The van der Waals surface area contributed by atoms with E-state index >= 15 is 0 Å². The Morgan fingerprint density at radius 1 is 1.21 bits per heavy atom. The van der Waals surface area contributed by atoms with Crippen molar-refractivity contribution in [3.63, 3.8) is 0 Å². The van der Waals surface area contributed by atoms with Crippen molar-refractivity contribution in [3.05, 3.63) is 11.7 Å². The lowest BCUT2D eigenvalue weighted by Gasteiger charge is -2.55. The van der Waals surface area contributed by atoms with E-state index in [1.54, 1.807) is 0 Å². The van der Waals surface area contributed by atoms with Gasteiger partial charge in [-0.15, -0.1) is 0 Å². The second-order valence-electron chi connectivity index (χ2n) is 6.78. The molecule has 102 valence electrons. The number of carboxylic acids is 1. The van der Waals surface area contributed by atoms with Crippen molar-refractivity contribution in [2.45, 2.75) is 50.4 Å². The second kappa shape index (κ2) is 3.81. The van der Waals surface area contributed by atoms with Gasteiger partial charge in [0.1, 0.15) is 6.42 Å². The summed E-state index contributed by atoms with van der Waals surface area (Å²) in [5.41, 5.74) is 0.0923. The van der Waals surface area contributed by atoms with Crippen LogP contribution < -0.4 is 0 Å². The van der Waals surface area contributed by atoms with Crippen molar-refractivity contribution < 1.29 is 14.4 Å². The predicted molar refractivity (Wildman–Crippen MR) is 65.5 cm³/mol. The van der Waals surface area contributed by atoms with E-state index in [2.05, 4.69) is 10.1 Å². The van der Waals surface area contributed by atoms with Crippen molar-refractivity contribution in [1.29, 1.82) is 0 Å². The van der Waals surface area contributed by atoms with E-state index in [1.807, 2.05) is 0 Å². The fourth-order valence-electron chi connectivity index (χ4n) is 5.06. The van der Waals surface area contributed by atoms with Gasteiger partial charge >= 0.3 is 5.97 Å². The molecule has 0 saturated heterocycles. The minimum absolute atomic E-state index is 0.0923. The van der Waals surface area contributed by atoms with Crippen LogP contribution in [0.15, 0.2) is 4.52 Å². The molecule has 0 amide bonds. The van der Waals surface area contributed by atoms with E-state index in [9.17, 15) is 4.79 Å². The van der Waals surface area contributed by atoms with E-state index in [4.69, 9.17) is 9.63 Å².